The largest absolute Gasteiger partial charge is 0.467 e. The monoisotopic (exact) mass is 340 g/mol. The molecule has 2 aromatic rings. The normalized spacial score (nSPS) is 21.8. The predicted octanol–water partition coefficient (Wildman–Crippen LogP) is 3.04. The summed E-state index contributed by atoms with van der Waals surface area (Å²) in [6.07, 6.45) is 9.28. The van der Waals surface area contributed by atoms with Crippen LogP contribution in [0.15, 0.2) is 41.3 Å². The molecular weight excluding hydrogens is 316 g/mol. The molecule has 0 radical (unpaired) electrons. The van der Waals surface area contributed by atoms with Crippen LogP contribution in [0.2, 0.25) is 0 Å². The lowest BCUT2D eigenvalue weighted by Gasteiger charge is -2.37. The number of amides is 1. The van der Waals surface area contributed by atoms with Crippen LogP contribution in [0.5, 0.6) is 0 Å². The Bertz CT molecular complexity index is 699. The smallest absolute Gasteiger partial charge is 0.228 e. The third-order valence-corrected chi connectivity index (χ3v) is 5.17. The van der Waals surface area contributed by atoms with Crippen molar-refractivity contribution in [2.75, 3.05) is 18.0 Å². The van der Waals surface area contributed by atoms with Gasteiger partial charge in [0.2, 0.25) is 11.9 Å². The van der Waals surface area contributed by atoms with E-state index >= 15 is 0 Å². The summed E-state index contributed by atoms with van der Waals surface area (Å²) < 4.78 is 5.56. The van der Waals surface area contributed by atoms with Gasteiger partial charge in [-0.1, -0.05) is 0 Å². The summed E-state index contributed by atoms with van der Waals surface area (Å²) in [6.45, 7) is 3.66. The van der Waals surface area contributed by atoms with Crippen molar-refractivity contribution < 1.29 is 9.21 Å². The van der Waals surface area contributed by atoms with Crippen molar-refractivity contribution in [1.29, 1.82) is 0 Å². The van der Waals surface area contributed by atoms with Crippen LogP contribution in [-0.4, -0.2) is 39.9 Å². The van der Waals surface area contributed by atoms with Gasteiger partial charge in [0.05, 0.1) is 18.2 Å². The zero-order chi connectivity index (χ0) is 17.2. The molecular formula is C19H24N4O2. The molecule has 25 heavy (non-hydrogen) atoms. The van der Waals surface area contributed by atoms with E-state index < -0.39 is 0 Å². The third-order valence-electron chi connectivity index (χ3n) is 5.17. The van der Waals surface area contributed by atoms with Gasteiger partial charge in [-0.2, -0.15) is 0 Å². The highest BCUT2D eigenvalue weighted by molar-refractivity contribution is 5.80. The van der Waals surface area contributed by atoms with E-state index in [9.17, 15) is 4.79 Å². The molecule has 2 atom stereocenters. The van der Waals surface area contributed by atoms with Gasteiger partial charge >= 0.3 is 0 Å². The second-order valence-electron chi connectivity index (χ2n) is 7.00. The van der Waals surface area contributed by atoms with Crippen molar-refractivity contribution in [2.24, 2.45) is 5.92 Å². The molecule has 3 heterocycles. The fourth-order valence-corrected chi connectivity index (χ4v) is 3.73. The lowest BCUT2D eigenvalue weighted by molar-refractivity contribution is -0.139. The summed E-state index contributed by atoms with van der Waals surface area (Å²) >= 11 is 0. The molecule has 0 N–H and O–H groups in total. The van der Waals surface area contributed by atoms with Crippen molar-refractivity contribution in [2.45, 2.75) is 44.7 Å². The molecule has 1 aliphatic carbocycles. The van der Waals surface area contributed by atoms with E-state index in [0.29, 0.717) is 12.6 Å². The van der Waals surface area contributed by atoms with Crippen LogP contribution >= 0.6 is 0 Å². The Hall–Kier alpha value is -2.37. The standard InChI is InChI=1S/C19H24N4O2/c1-14(17-6-3-12-25-17)23(16-7-8-16)18(24)15-5-2-11-22(13-15)19-20-9-4-10-21-19/h3-4,6,9-10,12,14-16H,2,5,7-8,11,13H2,1H3/t14-,15+/m1/s1. The minimum atomic E-state index is -0.0154. The molecule has 1 aliphatic heterocycles. The first-order chi connectivity index (χ1) is 12.2. The average Bonchev–Trinajstić information content (AvgIpc) is 3.34. The molecule has 0 spiro atoms. The number of carbonyl (C=O) groups is 1. The number of hydrogen-bond donors (Lipinski definition) is 0. The van der Waals surface area contributed by atoms with Crippen LogP contribution in [-0.2, 0) is 4.79 Å². The maximum Gasteiger partial charge on any atom is 0.228 e. The Morgan fingerprint density at radius 2 is 2.08 bits per heavy atom. The van der Waals surface area contributed by atoms with E-state index in [2.05, 4.69) is 26.7 Å². The van der Waals surface area contributed by atoms with Gasteiger partial charge in [-0.15, -0.1) is 0 Å². The zero-order valence-electron chi connectivity index (χ0n) is 14.5. The lowest BCUT2D eigenvalue weighted by atomic mass is 9.95. The fourth-order valence-electron chi connectivity index (χ4n) is 3.73. The topological polar surface area (TPSA) is 62.5 Å². The fraction of sp³-hybridized carbons (Fsp3) is 0.526. The summed E-state index contributed by atoms with van der Waals surface area (Å²) in [7, 11) is 0. The molecule has 0 unspecified atom stereocenters. The molecule has 0 aromatic carbocycles. The first kappa shape index (κ1) is 16.1. The summed E-state index contributed by atoms with van der Waals surface area (Å²) in [5, 5.41) is 0. The number of anilines is 1. The van der Waals surface area contributed by atoms with Gasteiger partial charge in [0.15, 0.2) is 0 Å². The Kier molecular flexibility index (Phi) is 4.42. The Labute approximate surface area is 147 Å². The number of aromatic nitrogens is 2. The Morgan fingerprint density at radius 1 is 1.28 bits per heavy atom. The summed E-state index contributed by atoms with van der Waals surface area (Å²) in [5.74, 6) is 1.82. The minimum Gasteiger partial charge on any atom is -0.467 e. The van der Waals surface area contributed by atoms with Crippen molar-refractivity contribution in [3.8, 4) is 0 Å². The van der Waals surface area contributed by atoms with Crippen molar-refractivity contribution in [3.63, 3.8) is 0 Å². The van der Waals surface area contributed by atoms with Crippen LogP contribution < -0.4 is 4.90 Å². The van der Waals surface area contributed by atoms with E-state index in [4.69, 9.17) is 4.42 Å². The zero-order valence-corrected chi connectivity index (χ0v) is 14.5. The second-order valence-corrected chi connectivity index (χ2v) is 7.00. The van der Waals surface area contributed by atoms with Gasteiger partial charge in [0.1, 0.15) is 5.76 Å². The SMILES string of the molecule is C[C@H](c1ccco1)N(C(=O)[C@H]1CCCN(c2ncccn2)C1)C1CC1. The molecule has 6 heteroatoms. The van der Waals surface area contributed by atoms with E-state index in [1.54, 1.807) is 18.7 Å². The van der Waals surface area contributed by atoms with E-state index in [1.165, 1.54) is 0 Å². The van der Waals surface area contributed by atoms with Crippen LogP contribution in [0, 0.1) is 5.92 Å². The highest BCUT2D eigenvalue weighted by atomic mass is 16.3. The first-order valence-electron chi connectivity index (χ1n) is 9.11. The van der Waals surface area contributed by atoms with Crippen molar-refractivity contribution in [1.82, 2.24) is 14.9 Å². The average molecular weight is 340 g/mol. The maximum absolute atomic E-state index is 13.3. The summed E-state index contributed by atoms with van der Waals surface area (Å²) in [5.41, 5.74) is 0. The molecule has 6 nitrogen and oxygen atoms in total. The number of carbonyl (C=O) groups excluding carboxylic acids is 1. The molecule has 0 bridgehead atoms. The Balaban J connectivity index is 1.50. The molecule has 2 aliphatic rings. The van der Waals surface area contributed by atoms with Gasteiger partial charge in [-0.25, -0.2) is 9.97 Å². The molecule has 4 rings (SSSR count). The van der Waals surface area contributed by atoms with Gasteiger partial charge in [0.25, 0.3) is 0 Å². The number of rotatable bonds is 5. The van der Waals surface area contributed by atoms with Crippen LogP contribution in [0.25, 0.3) is 0 Å². The maximum atomic E-state index is 13.3. The number of nitrogens with zero attached hydrogens (tertiary/aromatic N) is 4. The van der Waals surface area contributed by atoms with Crippen LogP contribution in [0.1, 0.15) is 44.4 Å². The molecule has 1 saturated heterocycles. The van der Waals surface area contributed by atoms with Gasteiger partial charge in [-0.05, 0) is 50.8 Å². The number of furan rings is 1. The summed E-state index contributed by atoms with van der Waals surface area (Å²) in [4.78, 5) is 26.2. The number of hydrogen-bond acceptors (Lipinski definition) is 5. The number of piperidine rings is 1. The van der Waals surface area contributed by atoms with E-state index in [0.717, 1.165) is 43.9 Å². The molecule has 2 aromatic heterocycles. The molecule has 132 valence electrons. The molecule has 1 amide bonds. The molecule has 2 fully saturated rings. The van der Waals surface area contributed by atoms with E-state index in [1.807, 2.05) is 18.2 Å². The minimum absolute atomic E-state index is 0.00410. The Morgan fingerprint density at radius 3 is 2.76 bits per heavy atom. The van der Waals surface area contributed by atoms with E-state index in [-0.39, 0.29) is 17.9 Å². The first-order valence-corrected chi connectivity index (χ1v) is 9.11. The van der Waals surface area contributed by atoms with Gasteiger partial charge < -0.3 is 14.2 Å². The van der Waals surface area contributed by atoms with Crippen LogP contribution in [0.3, 0.4) is 0 Å². The predicted molar refractivity (Wildman–Crippen MR) is 94.0 cm³/mol. The van der Waals surface area contributed by atoms with Crippen LogP contribution in [0.4, 0.5) is 5.95 Å². The lowest BCUT2D eigenvalue weighted by Crippen LogP contribution is -2.46. The summed E-state index contributed by atoms with van der Waals surface area (Å²) in [6, 6.07) is 6.00. The quantitative estimate of drug-likeness (QED) is 0.837. The van der Waals surface area contributed by atoms with Gasteiger partial charge in [0, 0.05) is 31.5 Å². The highest BCUT2D eigenvalue weighted by Crippen LogP contribution is 2.37. The van der Waals surface area contributed by atoms with Crippen molar-refractivity contribution in [3.05, 3.63) is 42.6 Å². The highest BCUT2D eigenvalue weighted by Gasteiger charge is 2.41. The van der Waals surface area contributed by atoms with Gasteiger partial charge in [-0.3, -0.25) is 4.79 Å². The molecule has 1 saturated carbocycles. The van der Waals surface area contributed by atoms with Crippen molar-refractivity contribution >= 4 is 11.9 Å². The second kappa shape index (κ2) is 6.86. The third kappa shape index (κ3) is 3.38.